The first-order valence-electron chi connectivity index (χ1n) is 10.4. The van der Waals surface area contributed by atoms with Crippen LogP contribution >= 0.6 is 0 Å². The highest BCUT2D eigenvalue weighted by Gasteiger charge is 2.17. The molecule has 0 radical (unpaired) electrons. The first-order chi connectivity index (χ1) is 14.7. The lowest BCUT2D eigenvalue weighted by atomic mass is 10.2. The fourth-order valence-electron chi connectivity index (χ4n) is 3.74. The Hall–Kier alpha value is -3.35. The number of methoxy groups -OCH3 is 1. The highest BCUT2D eigenvalue weighted by molar-refractivity contribution is 5.57. The van der Waals surface area contributed by atoms with Crippen molar-refractivity contribution in [3.8, 4) is 17.1 Å². The number of rotatable bonds is 5. The van der Waals surface area contributed by atoms with Crippen molar-refractivity contribution in [2.75, 3.05) is 43.1 Å². The van der Waals surface area contributed by atoms with Gasteiger partial charge in [-0.1, -0.05) is 6.92 Å². The normalized spacial score (nSPS) is 14.5. The molecule has 1 aliphatic rings. The quantitative estimate of drug-likeness (QED) is 0.703. The van der Waals surface area contributed by atoms with E-state index in [-0.39, 0.29) is 5.56 Å². The van der Waals surface area contributed by atoms with Gasteiger partial charge in [0.2, 0.25) is 0 Å². The summed E-state index contributed by atoms with van der Waals surface area (Å²) < 4.78 is 5.26. The number of nitrogens with zero attached hydrogens (tertiary/aromatic N) is 4. The SMILES string of the molecule is CCc1cc(=O)[nH]c(-c2ccc(N3CCCN(c4ccc(OC)cc4)CC3)nc2)n1. The molecule has 30 heavy (non-hydrogen) atoms. The topological polar surface area (TPSA) is 74.4 Å². The Labute approximate surface area is 176 Å². The number of H-pyrrole nitrogens is 1. The lowest BCUT2D eigenvalue weighted by Gasteiger charge is -2.24. The van der Waals surface area contributed by atoms with Gasteiger partial charge in [0.05, 0.1) is 7.11 Å². The molecule has 0 atom stereocenters. The van der Waals surface area contributed by atoms with Crippen molar-refractivity contribution in [3.05, 3.63) is 64.7 Å². The van der Waals surface area contributed by atoms with E-state index in [2.05, 4.69) is 36.9 Å². The van der Waals surface area contributed by atoms with E-state index >= 15 is 0 Å². The van der Waals surface area contributed by atoms with Crippen molar-refractivity contribution < 1.29 is 4.74 Å². The molecule has 1 fully saturated rings. The van der Waals surface area contributed by atoms with Gasteiger partial charge < -0.3 is 19.5 Å². The van der Waals surface area contributed by atoms with Gasteiger partial charge in [-0.25, -0.2) is 9.97 Å². The van der Waals surface area contributed by atoms with Crippen molar-refractivity contribution in [1.29, 1.82) is 0 Å². The van der Waals surface area contributed by atoms with Crippen LogP contribution in [0, 0.1) is 0 Å². The molecule has 3 aromatic rings. The minimum Gasteiger partial charge on any atom is -0.497 e. The largest absolute Gasteiger partial charge is 0.497 e. The second-order valence-electron chi connectivity index (χ2n) is 7.37. The van der Waals surface area contributed by atoms with Crippen molar-refractivity contribution in [1.82, 2.24) is 15.0 Å². The Morgan fingerprint density at radius 3 is 2.50 bits per heavy atom. The zero-order valence-electron chi connectivity index (χ0n) is 17.5. The third-order valence-electron chi connectivity index (χ3n) is 5.44. The summed E-state index contributed by atoms with van der Waals surface area (Å²) in [6, 6.07) is 13.8. The molecule has 1 aromatic carbocycles. The fraction of sp³-hybridized carbons (Fsp3) is 0.348. The van der Waals surface area contributed by atoms with Crippen molar-refractivity contribution in [3.63, 3.8) is 0 Å². The van der Waals surface area contributed by atoms with Crippen LogP contribution in [0.4, 0.5) is 11.5 Å². The Bertz CT molecular complexity index is 1030. The molecule has 1 saturated heterocycles. The minimum absolute atomic E-state index is 0.132. The van der Waals surface area contributed by atoms with Crippen LogP contribution in [0.5, 0.6) is 5.75 Å². The molecule has 0 aliphatic carbocycles. The van der Waals surface area contributed by atoms with Crippen LogP contribution in [-0.4, -0.2) is 48.2 Å². The summed E-state index contributed by atoms with van der Waals surface area (Å²) in [5.74, 6) is 2.39. The number of aromatic nitrogens is 3. The van der Waals surface area contributed by atoms with Gasteiger partial charge in [0.1, 0.15) is 17.4 Å². The van der Waals surface area contributed by atoms with Gasteiger partial charge in [-0.3, -0.25) is 4.79 Å². The van der Waals surface area contributed by atoms with Gasteiger partial charge in [-0.15, -0.1) is 0 Å². The summed E-state index contributed by atoms with van der Waals surface area (Å²) in [5.41, 5.74) is 2.68. The molecule has 156 valence electrons. The summed E-state index contributed by atoms with van der Waals surface area (Å²) in [5, 5.41) is 0. The van der Waals surface area contributed by atoms with E-state index in [0.717, 1.165) is 61.8 Å². The maximum absolute atomic E-state index is 11.8. The lowest BCUT2D eigenvalue weighted by molar-refractivity contribution is 0.415. The molecule has 2 aromatic heterocycles. The molecule has 1 aliphatic heterocycles. The van der Waals surface area contributed by atoms with E-state index in [1.165, 1.54) is 11.8 Å². The first kappa shape index (κ1) is 19.9. The van der Waals surface area contributed by atoms with Crippen LogP contribution in [0.3, 0.4) is 0 Å². The van der Waals surface area contributed by atoms with Gasteiger partial charge in [0.15, 0.2) is 0 Å². The van der Waals surface area contributed by atoms with Gasteiger partial charge in [0.25, 0.3) is 5.56 Å². The third kappa shape index (κ3) is 4.45. The van der Waals surface area contributed by atoms with E-state index in [9.17, 15) is 4.79 Å². The number of anilines is 2. The van der Waals surface area contributed by atoms with Crippen molar-refractivity contribution in [2.24, 2.45) is 0 Å². The lowest BCUT2D eigenvalue weighted by Crippen LogP contribution is -2.31. The highest BCUT2D eigenvalue weighted by Crippen LogP contribution is 2.23. The Morgan fingerprint density at radius 2 is 1.80 bits per heavy atom. The van der Waals surface area contributed by atoms with Gasteiger partial charge >= 0.3 is 0 Å². The van der Waals surface area contributed by atoms with Crippen LogP contribution in [0.15, 0.2) is 53.5 Å². The van der Waals surface area contributed by atoms with Gasteiger partial charge in [-0.05, 0) is 49.2 Å². The summed E-state index contributed by atoms with van der Waals surface area (Å²) >= 11 is 0. The van der Waals surface area contributed by atoms with Gasteiger partial charge in [0, 0.05) is 55.4 Å². The van der Waals surface area contributed by atoms with E-state index in [1.807, 2.05) is 31.2 Å². The first-order valence-corrected chi connectivity index (χ1v) is 10.4. The molecule has 7 heteroatoms. The fourth-order valence-corrected chi connectivity index (χ4v) is 3.74. The van der Waals surface area contributed by atoms with E-state index in [0.29, 0.717) is 5.82 Å². The highest BCUT2D eigenvalue weighted by atomic mass is 16.5. The predicted molar refractivity (Wildman–Crippen MR) is 120 cm³/mol. The number of nitrogens with one attached hydrogen (secondary N) is 1. The molecule has 1 N–H and O–H groups in total. The summed E-state index contributed by atoms with van der Waals surface area (Å²) in [6.45, 7) is 5.79. The van der Waals surface area contributed by atoms with Crippen molar-refractivity contribution in [2.45, 2.75) is 19.8 Å². The van der Waals surface area contributed by atoms with Crippen LogP contribution < -0.4 is 20.1 Å². The maximum Gasteiger partial charge on any atom is 0.251 e. The van der Waals surface area contributed by atoms with Crippen molar-refractivity contribution >= 4 is 11.5 Å². The average molecular weight is 406 g/mol. The Balaban J connectivity index is 1.45. The smallest absolute Gasteiger partial charge is 0.251 e. The molecule has 0 amide bonds. The number of hydrogen-bond acceptors (Lipinski definition) is 6. The van der Waals surface area contributed by atoms with Gasteiger partial charge in [-0.2, -0.15) is 0 Å². The second-order valence-corrected chi connectivity index (χ2v) is 7.37. The molecular formula is C23H27N5O2. The zero-order valence-corrected chi connectivity index (χ0v) is 17.5. The molecule has 4 rings (SSSR count). The number of ether oxygens (including phenoxy) is 1. The summed E-state index contributed by atoms with van der Waals surface area (Å²) in [4.78, 5) is 28.5. The predicted octanol–water partition coefficient (Wildman–Crippen LogP) is 3.12. The molecule has 3 heterocycles. The van der Waals surface area contributed by atoms with Crippen LogP contribution in [0.2, 0.25) is 0 Å². The van der Waals surface area contributed by atoms with E-state index in [1.54, 1.807) is 13.3 Å². The zero-order chi connectivity index (χ0) is 20.9. The summed E-state index contributed by atoms with van der Waals surface area (Å²) in [7, 11) is 1.69. The molecule has 0 saturated carbocycles. The van der Waals surface area contributed by atoms with Crippen LogP contribution in [0.1, 0.15) is 19.0 Å². The summed E-state index contributed by atoms with van der Waals surface area (Å²) in [6.07, 6.45) is 3.57. The molecule has 7 nitrogen and oxygen atoms in total. The Kier molecular flexibility index (Phi) is 5.97. The number of benzene rings is 1. The molecule has 0 bridgehead atoms. The monoisotopic (exact) mass is 405 g/mol. The second kappa shape index (κ2) is 8.98. The number of pyridine rings is 1. The maximum atomic E-state index is 11.8. The standard InChI is InChI=1S/C23H27N5O2/c1-3-18-15-22(29)26-23(25-18)17-5-10-21(24-16-17)28-12-4-11-27(13-14-28)19-6-8-20(30-2)9-7-19/h5-10,15-16H,3-4,11-14H2,1-2H3,(H,25,26,29). The number of aromatic amines is 1. The molecule has 0 spiro atoms. The van der Waals surface area contributed by atoms with Crippen LogP contribution in [0.25, 0.3) is 11.4 Å². The number of aryl methyl sites for hydroxylation is 1. The van der Waals surface area contributed by atoms with E-state index < -0.39 is 0 Å². The molecular weight excluding hydrogens is 378 g/mol. The minimum atomic E-state index is -0.132. The van der Waals surface area contributed by atoms with E-state index in [4.69, 9.17) is 4.74 Å². The number of hydrogen-bond donors (Lipinski definition) is 1. The molecule has 0 unspecified atom stereocenters. The Morgan fingerprint density at radius 1 is 1.03 bits per heavy atom. The third-order valence-corrected chi connectivity index (χ3v) is 5.44. The average Bonchev–Trinajstić information content (AvgIpc) is 3.05. The van der Waals surface area contributed by atoms with Crippen LogP contribution in [-0.2, 0) is 6.42 Å².